The number of imide groups is 2. The van der Waals surface area contributed by atoms with Gasteiger partial charge in [0.15, 0.2) is 11.5 Å². The Labute approximate surface area is 170 Å². The average Bonchev–Trinajstić information content (AvgIpc) is 3.15. The zero-order valence-corrected chi connectivity index (χ0v) is 17.0. The largest absolute Gasteiger partial charge is 0.503 e. The highest BCUT2D eigenvalue weighted by Gasteiger charge is 2.36. The van der Waals surface area contributed by atoms with Gasteiger partial charge in [0, 0.05) is 4.47 Å². The highest BCUT2D eigenvalue weighted by molar-refractivity contribution is 9.13. The minimum absolute atomic E-state index is 0.119. The van der Waals surface area contributed by atoms with Gasteiger partial charge in [-0.25, -0.2) is 4.79 Å². The maximum atomic E-state index is 12.7. The molecule has 0 unspecified atom stereocenters. The van der Waals surface area contributed by atoms with Gasteiger partial charge in [0.25, 0.3) is 11.8 Å². The third kappa shape index (κ3) is 3.62. The summed E-state index contributed by atoms with van der Waals surface area (Å²) in [6, 6.07) is 3.85. The van der Waals surface area contributed by atoms with Crippen LogP contribution in [0.2, 0.25) is 0 Å². The Bertz CT molecular complexity index is 968. The van der Waals surface area contributed by atoms with E-state index in [0.29, 0.717) is 20.3 Å². The molecule has 2 aromatic rings. The molecule has 1 fully saturated rings. The summed E-state index contributed by atoms with van der Waals surface area (Å²) in [5.41, 5.74) is 0.142. The molecule has 8 nitrogen and oxygen atoms in total. The number of barbiturate groups is 1. The Morgan fingerprint density at radius 3 is 2.67 bits per heavy atom. The second-order valence-electron chi connectivity index (χ2n) is 5.43. The number of carbonyl (C=O) groups excluding carboxylic acids is 3. The van der Waals surface area contributed by atoms with Crippen LogP contribution in [-0.2, 0) is 16.1 Å². The molecule has 0 atom stereocenters. The second kappa shape index (κ2) is 7.57. The molecule has 1 aromatic heterocycles. The lowest BCUT2D eigenvalue weighted by Crippen LogP contribution is -2.53. The van der Waals surface area contributed by atoms with Gasteiger partial charge < -0.3 is 14.3 Å². The van der Waals surface area contributed by atoms with Crippen molar-refractivity contribution >= 4 is 55.8 Å². The number of aromatic hydroxyl groups is 1. The number of hydrogen-bond donors (Lipinski definition) is 2. The molecule has 0 bridgehead atoms. The summed E-state index contributed by atoms with van der Waals surface area (Å²) in [6.45, 7) is -0.119. The second-order valence-corrected chi connectivity index (χ2v) is 7.02. The Balaban J connectivity index is 2.02. The molecule has 0 radical (unpaired) electrons. The van der Waals surface area contributed by atoms with Crippen LogP contribution in [0.3, 0.4) is 0 Å². The number of phenolic OH excluding ortho intramolecular Hbond substituents is 1. The number of urea groups is 1. The number of methoxy groups -OCH3 is 1. The van der Waals surface area contributed by atoms with E-state index >= 15 is 0 Å². The fourth-order valence-corrected chi connectivity index (χ4v) is 3.26. The lowest BCUT2D eigenvalue weighted by atomic mass is 10.1. The summed E-state index contributed by atoms with van der Waals surface area (Å²) in [4.78, 5) is 37.8. The first-order valence-corrected chi connectivity index (χ1v) is 9.08. The molecule has 1 aromatic carbocycles. The minimum Gasteiger partial charge on any atom is -0.503 e. The van der Waals surface area contributed by atoms with Crippen LogP contribution in [0.15, 0.2) is 43.4 Å². The van der Waals surface area contributed by atoms with Crippen molar-refractivity contribution in [1.29, 1.82) is 0 Å². The molecule has 1 saturated heterocycles. The van der Waals surface area contributed by atoms with Crippen molar-refractivity contribution in [2.75, 3.05) is 7.11 Å². The molecule has 0 spiro atoms. The van der Waals surface area contributed by atoms with Gasteiger partial charge in [-0.05, 0) is 61.7 Å². The van der Waals surface area contributed by atoms with Gasteiger partial charge in [-0.3, -0.25) is 19.8 Å². The van der Waals surface area contributed by atoms with Gasteiger partial charge in [0.05, 0.1) is 24.4 Å². The number of nitrogens with zero attached hydrogens (tertiary/aromatic N) is 1. The molecule has 4 amide bonds. The van der Waals surface area contributed by atoms with E-state index in [-0.39, 0.29) is 23.6 Å². The van der Waals surface area contributed by atoms with Crippen LogP contribution in [0.1, 0.15) is 11.3 Å². The van der Waals surface area contributed by atoms with Gasteiger partial charge in [-0.1, -0.05) is 0 Å². The maximum absolute atomic E-state index is 12.7. The fourth-order valence-electron chi connectivity index (χ4n) is 2.42. The summed E-state index contributed by atoms with van der Waals surface area (Å²) >= 11 is 6.50. The van der Waals surface area contributed by atoms with Gasteiger partial charge in [0.1, 0.15) is 11.3 Å². The van der Waals surface area contributed by atoms with Crippen molar-refractivity contribution in [3.63, 3.8) is 0 Å². The monoisotopic (exact) mass is 498 g/mol. The summed E-state index contributed by atoms with van der Waals surface area (Å²) in [5, 5.41) is 12.1. The summed E-state index contributed by atoms with van der Waals surface area (Å²) in [7, 11) is 1.37. The molecule has 140 valence electrons. The minimum atomic E-state index is -0.831. The van der Waals surface area contributed by atoms with E-state index in [1.807, 2.05) is 0 Å². The van der Waals surface area contributed by atoms with Crippen LogP contribution in [0.5, 0.6) is 11.5 Å². The Hall–Kier alpha value is -2.59. The number of hydrogen-bond acceptors (Lipinski definition) is 6. The summed E-state index contributed by atoms with van der Waals surface area (Å²) in [5.74, 6) is -1.20. The van der Waals surface area contributed by atoms with Crippen LogP contribution in [0.4, 0.5) is 4.79 Å². The van der Waals surface area contributed by atoms with Gasteiger partial charge in [-0.15, -0.1) is 0 Å². The van der Waals surface area contributed by atoms with Crippen molar-refractivity contribution in [2.24, 2.45) is 0 Å². The zero-order chi connectivity index (χ0) is 19.7. The zero-order valence-electron chi connectivity index (χ0n) is 13.8. The first kappa shape index (κ1) is 19.2. The molecule has 3 rings (SSSR count). The molecule has 1 aliphatic rings. The third-order valence-corrected chi connectivity index (χ3v) is 5.93. The highest BCUT2D eigenvalue weighted by atomic mass is 79.9. The van der Waals surface area contributed by atoms with Gasteiger partial charge in [-0.2, -0.15) is 0 Å². The van der Waals surface area contributed by atoms with Crippen LogP contribution < -0.4 is 10.1 Å². The van der Waals surface area contributed by atoms with Crippen molar-refractivity contribution in [3.05, 3.63) is 50.3 Å². The Kier molecular flexibility index (Phi) is 5.38. The van der Waals surface area contributed by atoms with E-state index in [2.05, 4.69) is 37.2 Å². The van der Waals surface area contributed by atoms with Crippen LogP contribution in [0.25, 0.3) is 6.08 Å². The molecular formula is C17H12Br2N2O6. The maximum Gasteiger partial charge on any atom is 0.331 e. The summed E-state index contributed by atoms with van der Waals surface area (Å²) < 4.78 is 10.9. The number of ether oxygens (including phenoxy) is 1. The number of carbonyl (C=O) groups is 3. The Morgan fingerprint density at radius 2 is 2.04 bits per heavy atom. The smallest absolute Gasteiger partial charge is 0.331 e. The molecule has 2 N–H and O–H groups in total. The predicted molar refractivity (Wildman–Crippen MR) is 101 cm³/mol. The number of amides is 4. The fraction of sp³-hybridized carbons (Fsp3) is 0.118. The number of phenols is 1. The lowest BCUT2D eigenvalue weighted by Gasteiger charge is -2.25. The van der Waals surface area contributed by atoms with Gasteiger partial charge >= 0.3 is 6.03 Å². The van der Waals surface area contributed by atoms with E-state index < -0.39 is 17.8 Å². The van der Waals surface area contributed by atoms with Crippen molar-refractivity contribution in [3.8, 4) is 11.5 Å². The average molecular weight is 500 g/mol. The molecule has 0 saturated carbocycles. The normalized spacial score (nSPS) is 16.0. The van der Waals surface area contributed by atoms with E-state index in [0.717, 1.165) is 4.90 Å². The van der Waals surface area contributed by atoms with Crippen LogP contribution in [-0.4, -0.2) is 35.0 Å². The standard InChI is InChI=1S/C17H12Br2N2O6/c1-26-11-6-8(12(18)13(19)14(11)22)5-10-15(23)20-17(25)21(16(10)24)7-9-3-2-4-27-9/h2-6,22H,7H2,1H3,(H,20,23,25). The van der Waals surface area contributed by atoms with E-state index in [4.69, 9.17) is 9.15 Å². The quantitative estimate of drug-likeness (QED) is 0.494. The van der Waals surface area contributed by atoms with Crippen LogP contribution >= 0.6 is 31.9 Å². The molecule has 27 heavy (non-hydrogen) atoms. The molecular weight excluding hydrogens is 488 g/mol. The van der Waals surface area contributed by atoms with E-state index in [1.54, 1.807) is 12.1 Å². The molecule has 2 heterocycles. The first-order valence-electron chi connectivity index (χ1n) is 7.49. The number of halogens is 2. The SMILES string of the molecule is COc1cc(C=C2C(=O)NC(=O)N(Cc3ccco3)C2=O)c(Br)c(Br)c1O. The van der Waals surface area contributed by atoms with Crippen LogP contribution in [0, 0.1) is 0 Å². The first-order chi connectivity index (χ1) is 12.8. The predicted octanol–water partition coefficient (Wildman–Crippen LogP) is 3.18. The molecule has 0 aliphatic carbocycles. The summed E-state index contributed by atoms with van der Waals surface area (Å²) in [6.07, 6.45) is 2.72. The van der Waals surface area contributed by atoms with Crippen molar-refractivity contribution in [1.82, 2.24) is 10.2 Å². The highest BCUT2D eigenvalue weighted by Crippen LogP contribution is 2.42. The van der Waals surface area contributed by atoms with E-state index in [9.17, 15) is 19.5 Å². The topological polar surface area (TPSA) is 109 Å². The Morgan fingerprint density at radius 1 is 1.30 bits per heavy atom. The number of benzene rings is 1. The number of rotatable bonds is 4. The van der Waals surface area contributed by atoms with Crippen molar-refractivity contribution < 1.29 is 28.6 Å². The lowest BCUT2D eigenvalue weighted by molar-refractivity contribution is -0.130. The number of furan rings is 1. The van der Waals surface area contributed by atoms with E-state index in [1.165, 1.54) is 25.5 Å². The van der Waals surface area contributed by atoms with Crippen molar-refractivity contribution in [2.45, 2.75) is 6.54 Å². The molecule has 10 heteroatoms. The number of nitrogens with one attached hydrogen (secondary N) is 1. The van der Waals surface area contributed by atoms with Gasteiger partial charge in [0.2, 0.25) is 0 Å². The third-order valence-electron chi connectivity index (χ3n) is 3.77. The molecule has 1 aliphatic heterocycles.